The number of nitrogens with one attached hydrogen (secondary N) is 1. The van der Waals surface area contributed by atoms with Crippen molar-refractivity contribution in [3.8, 4) is 17.3 Å². The smallest absolute Gasteiger partial charge is 0.252 e. The molecule has 0 fully saturated rings. The molecule has 2 aromatic heterocycles. The Bertz CT molecular complexity index is 945. The number of hydrogen-bond acceptors (Lipinski definition) is 6. The van der Waals surface area contributed by atoms with Crippen LogP contribution in [0, 0.1) is 11.3 Å². The number of nitrogens with zero attached hydrogens (tertiary/aromatic N) is 5. The second-order valence-electron chi connectivity index (χ2n) is 4.59. The van der Waals surface area contributed by atoms with Crippen LogP contribution >= 0.6 is 34.5 Å². The van der Waals surface area contributed by atoms with Crippen molar-refractivity contribution in [1.82, 2.24) is 19.7 Å². The maximum Gasteiger partial charge on any atom is 0.252 e. The van der Waals surface area contributed by atoms with E-state index < -0.39 is 0 Å². The van der Waals surface area contributed by atoms with Crippen LogP contribution in [0.4, 0.5) is 5.13 Å². The molecule has 0 saturated carbocycles. The van der Waals surface area contributed by atoms with E-state index in [1.165, 1.54) is 22.3 Å². The van der Waals surface area contributed by atoms with Crippen LogP contribution in [0.5, 0.6) is 0 Å². The number of thiazole rings is 1. The zero-order chi connectivity index (χ0) is 17.1. The third-order valence-electron chi connectivity index (χ3n) is 2.91. The predicted molar refractivity (Wildman–Crippen MR) is 90.9 cm³/mol. The molecular weight excluding hydrogens is 371 g/mol. The van der Waals surface area contributed by atoms with Crippen LogP contribution in [0.25, 0.3) is 11.3 Å². The fourth-order valence-electron chi connectivity index (χ4n) is 1.85. The monoisotopic (exact) mass is 378 g/mol. The van der Waals surface area contributed by atoms with Gasteiger partial charge in [-0.25, -0.2) is 14.6 Å². The van der Waals surface area contributed by atoms with Crippen LogP contribution in [0.15, 0.2) is 29.9 Å². The lowest BCUT2D eigenvalue weighted by Gasteiger charge is -2.01. The molecule has 10 heteroatoms. The third-order valence-corrected chi connectivity index (χ3v) is 4.40. The molecule has 1 N–H and O–H groups in total. The Morgan fingerprint density at radius 2 is 2.21 bits per heavy atom. The van der Waals surface area contributed by atoms with Crippen LogP contribution in [0.3, 0.4) is 0 Å². The standard InChI is InChI=1S/C14H8Cl2N6OS/c15-9-2-1-8(3-10(9)16)11-6-24-14(19-11)20-13(23)5-22-7-18-12(4-17)21-22/h1-3,6-7H,5H2,(H,19,20,23). The third kappa shape index (κ3) is 3.71. The van der Waals surface area contributed by atoms with E-state index in [9.17, 15) is 4.79 Å². The van der Waals surface area contributed by atoms with Gasteiger partial charge in [0, 0.05) is 10.9 Å². The van der Waals surface area contributed by atoms with Crippen LogP contribution in [-0.4, -0.2) is 25.7 Å². The van der Waals surface area contributed by atoms with Crippen LogP contribution in [-0.2, 0) is 11.3 Å². The van der Waals surface area contributed by atoms with Gasteiger partial charge in [0.15, 0.2) is 5.13 Å². The average molecular weight is 379 g/mol. The van der Waals surface area contributed by atoms with Crippen molar-refractivity contribution in [3.63, 3.8) is 0 Å². The van der Waals surface area contributed by atoms with E-state index in [2.05, 4.69) is 20.4 Å². The molecule has 0 aliphatic carbocycles. The number of anilines is 1. The molecule has 120 valence electrons. The normalized spacial score (nSPS) is 10.4. The summed E-state index contributed by atoms with van der Waals surface area (Å²) in [6.45, 7) is -0.0592. The molecule has 0 atom stereocenters. The van der Waals surface area contributed by atoms with Gasteiger partial charge < -0.3 is 5.32 Å². The molecule has 0 unspecified atom stereocenters. The van der Waals surface area contributed by atoms with Crippen molar-refractivity contribution in [1.29, 1.82) is 5.26 Å². The lowest BCUT2D eigenvalue weighted by molar-refractivity contribution is -0.116. The van der Waals surface area contributed by atoms with E-state index in [0.29, 0.717) is 20.9 Å². The van der Waals surface area contributed by atoms with Gasteiger partial charge in [0.25, 0.3) is 5.82 Å². The Hall–Kier alpha value is -2.47. The van der Waals surface area contributed by atoms with Gasteiger partial charge in [0.1, 0.15) is 18.9 Å². The molecule has 0 aliphatic heterocycles. The van der Waals surface area contributed by atoms with E-state index >= 15 is 0 Å². The minimum Gasteiger partial charge on any atom is -0.300 e. The molecule has 7 nitrogen and oxygen atoms in total. The summed E-state index contributed by atoms with van der Waals surface area (Å²) >= 11 is 13.2. The zero-order valence-corrected chi connectivity index (χ0v) is 14.2. The molecule has 3 rings (SSSR count). The molecule has 0 spiro atoms. The molecule has 0 saturated heterocycles. The Morgan fingerprint density at radius 1 is 1.38 bits per heavy atom. The Morgan fingerprint density at radius 3 is 2.92 bits per heavy atom. The van der Waals surface area contributed by atoms with E-state index in [1.807, 2.05) is 0 Å². The molecule has 24 heavy (non-hydrogen) atoms. The van der Waals surface area contributed by atoms with Gasteiger partial charge >= 0.3 is 0 Å². The number of rotatable bonds is 4. The van der Waals surface area contributed by atoms with E-state index in [-0.39, 0.29) is 18.3 Å². The van der Waals surface area contributed by atoms with E-state index in [1.54, 1.807) is 29.6 Å². The minimum absolute atomic E-state index is 0.0129. The first-order valence-electron chi connectivity index (χ1n) is 6.55. The second kappa shape index (κ2) is 6.97. The van der Waals surface area contributed by atoms with Crippen LogP contribution in [0.2, 0.25) is 10.0 Å². The zero-order valence-electron chi connectivity index (χ0n) is 11.9. The van der Waals surface area contributed by atoms with Gasteiger partial charge in [-0.3, -0.25) is 4.79 Å². The van der Waals surface area contributed by atoms with Crippen molar-refractivity contribution >= 4 is 45.6 Å². The van der Waals surface area contributed by atoms with Crippen LogP contribution < -0.4 is 5.32 Å². The van der Waals surface area contributed by atoms with Crippen LogP contribution in [0.1, 0.15) is 5.82 Å². The van der Waals surface area contributed by atoms with Gasteiger partial charge in [0.2, 0.25) is 5.91 Å². The number of benzene rings is 1. The van der Waals surface area contributed by atoms with Crippen molar-refractivity contribution in [2.75, 3.05) is 5.32 Å². The highest BCUT2D eigenvalue weighted by atomic mass is 35.5. The average Bonchev–Trinajstić information content (AvgIpc) is 3.19. The lowest BCUT2D eigenvalue weighted by Crippen LogP contribution is -2.19. The van der Waals surface area contributed by atoms with Gasteiger partial charge in [-0.1, -0.05) is 29.3 Å². The van der Waals surface area contributed by atoms with Gasteiger partial charge in [-0.2, -0.15) is 5.26 Å². The molecule has 2 heterocycles. The van der Waals surface area contributed by atoms with Gasteiger partial charge in [-0.05, 0) is 12.1 Å². The summed E-state index contributed by atoms with van der Waals surface area (Å²) in [7, 11) is 0. The highest BCUT2D eigenvalue weighted by Crippen LogP contribution is 2.30. The number of aromatic nitrogens is 4. The number of halogens is 2. The van der Waals surface area contributed by atoms with Gasteiger partial charge in [0.05, 0.1) is 15.7 Å². The fourth-order valence-corrected chi connectivity index (χ4v) is 2.88. The van der Waals surface area contributed by atoms with E-state index in [0.717, 1.165) is 5.56 Å². The molecule has 0 aliphatic rings. The highest BCUT2D eigenvalue weighted by Gasteiger charge is 2.11. The summed E-state index contributed by atoms with van der Waals surface area (Å²) in [6.07, 6.45) is 1.32. The number of carbonyl (C=O) groups is 1. The lowest BCUT2D eigenvalue weighted by atomic mass is 10.2. The first-order valence-corrected chi connectivity index (χ1v) is 8.19. The number of hydrogen-bond donors (Lipinski definition) is 1. The molecule has 0 radical (unpaired) electrons. The van der Waals surface area contributed by atoms with Crippen molar-refractivity contribution in [2.45, 2.75) is 6.54 Å². The Labute approximate surface area is 150 Å². The SMILES string of the molecule is N#Cc1ncn(CC(=O)Nc2nc(-c3ccc(Cl)c(Cl)c3)cs2)n1. The quantitative estimate of drug-likeness (QED) is 0.751. The summed E-state index contributed by atoms with van der Waals surface area (Å²) < 4.78 is 1.28. The maximum atomic E-state index is 12.0. The van der Waals surface area contributed by atoms with Crippen molar-refractivity contribution in [3.05, 3.63) is 45.8 Å². The summed E-state index contributed by atoms with van der Waals surface area (Å²) in [5, 5.41) is 18.3. The summed E-state index contributed by atoms with van der Waals surface area (Å²) in [5.74, 6) is -0.307. The summed E-state index contributed by atoms with van der Waals surface area (Å²) in [4.78, 5) is 20.0. The number of carbonyl (C=O) groups excluding carboxylic acids is 1. The maximum absolute atomic E-state index is 12.0. The topological polar surface area (TPSA) is 96.5 Å². The van der Waals surface area contributed by atoms with E-state index in [4.69, 9.17) is 28.5 Å². The number of amides is 1. The second-order valence-corrected chi connectivity index (χ2v) is 6.27. The largest absolute Gasteiger partial charge is 0.300 e. The molecule has 1 amide bonds. The highest BCUT2D eigenvalue weighted by molar-refractivity contribution is 7.14. The van der Waals surface area contributed by atoms with Gasteiger partial charge in [-0.15, -0.1) is 16.4 Å². The van der Waals surface area contributed by atoms with Crippen molar-refractivity contribution < 1.29 is 4.79 Å². The molecule has 1 aromatic carbocycles. The minimum atomic E-state index is -0.320. The Kier molecular flexibility index (Phi) is 4.76. The Balaban J connectivity index is 1.68. The first-order chi connectivity index (χ1) is 11.5. The first kappa shape index (κ1) is 16.4. The van der Waals surface area contributed by atoms with Crippen molar-refractivity contribution in [2.24, 2.45) is 0 Å². The summed E-state index contributed by atoms with van der Waals surface area (Å²) in [6, 6.07) is 6.99. The molecule has 3 aromatic rings. The fraction of sp³-hybridized carbons (Fsp3) is 0.0714. The summed E-state index contributed by atoms with van der Waals surface area (Å²) in [5.41, 5.74) is 1.48. The predicted octanol–water partition coefficient (Wildman–Crippen LogP) is 3.22. The molecule has 0 bridgehead atoms. The molecular formula is C14H8Cl2N6OS. The number of nitriles is 1.